The summed E-state index contributed by atoms with van der Waals surface area (Å²) in [6, 6.07) is 0. The minimum atomic E-state index is -0.887. The van der Waals surface area contributed by atoms with Crippen LogP contribution in [-0.4, -0.2) is 53.7 Å². The van der Waals surface area contributed by atoms with Gasteiger partial charge in [0.15, 0.2) is 0 Å². The van der Waals surface area contributed by atoms with Crippen LogP contribution in [0.2, 0.25) is 0 Å². The Hall–Kier alpha value is -2.45. The number of ether oxygens (including phenoxy) is 2. The third kappa shape index (κ3) is 10.3. The number of carbonyl (C=O) groups excluding carboxylic acids is 3. The first-order valence-electron chi connectivity index (χ1n) is 7.34. The largest absolute Gasteiger partial charge is 0.444 e. The Morgan fingerprint density at radius 2 is 1.04 bits per heavy atom. The highest BCUT2D eigenvalue weighted by molar-refractivity contribution is 6.66. The van der Waals surface area contributed by atoms with Gasteiger partial charge >= 0.3 is 12.2 Å². The standard InChI is InChI=1S/C15H26N4O5/c1-14(2,3)23-12(21)18-7-9(16)11(20)10(17)8-19-13(22)24-15(4,5)6/h16-17H,7-8H2,1-6H3,(H,18,21)(H,19,22). The average molecular weight is 342 g/mol. The molecular formula is C15H26N4O5. The van der Waals surface area contributed by atoms with Crippen molar-refractivity contribution in [1.82, 2.24) is 10.6 Å². The summed E-state index contributed by atoms with van der Waals surface area (Å²) in [5, 5.41) is 19.7. The highest BCUT2D eigenvalue weighted by Crippen LogP contribution is 2.06. The van der Waals surface area contributed by atoms with Gasteiger partial charge in [-0.3, -0.25) is 15.6 Å². The van der Waals surface area contributed by atoms with Gasteiger partial charge in [0.25, 0.3) is 0 Å². The topological polar surface area (TPSA) is 141 Å². The van der Waals surface area contributed by atoms with Gasteiger partial charge in [-0.2, -0.15) is 0 Å². The Kier molecular flexibility index (Phi) is 7.56. The van der Waals surface area contributed by atoms with E-state index in [-0.39, 0.29) is 13.1 Å². The third-order valence-electron chi connectivity index (χ3n) is 2.16. The molecule has 0 aliphatic carbocycles. The molecule has 0 saturated carbocycles. The highest BCUT2D eigenvalue weighted by atomic mass is 16.6. The van der Waals surface area contributed by atoms with E-state index in [1.54, 1.807) is 41.5 Å². The second kappa shape index (κ2) is 8.42. The summed E-state index contributed by atoms with van der Waals surface area (Å²) >= 11 is 0. The molecule has 0 spiro atoms. The molecule has 0 bridgehead atoms. The van der Waals surface area contributed by atoms with Gasteiger partial charge in [0.05, 0.1) is 24.5 Å². The first kappa shape index (κ1) is 21.6. The number of hydrogen-bond donors (Lipinski definition) is 4. The van der Waals surface area contributed by atoms with Crippen molar-refractivity contribution in [3.05, 3.63) is 0 Å². The van der Waals surface area contributed by atoms with Gasteiger partial charge in [0.2, 0.25) is 5.78 Å². The van der Waals surface area contributed by atoms with Crippen molar-refractivity contribution in [3.8, 4) is 0 Å². The molecule has 136 valence electrons. The maximum Gasteiger partial charge on any atom is 0.407 e. The molecule has 4 N–H and O–H groups in total. The molecule has 2 amide bonds. The monoisotopic (exact) mass is 342 g/mol. The second-order valence-corrected chi connectivity index (χ2v) is 7.00. The Balaban J connectivity index is 4.29. The van der Waals surface area contributed by atoms with Gasteiger partial charge in [-0.25, -0.2) is 9.59 Å². The second-order valence-electron chi connectivity index (χ2n) is 7.00. The van der Waals surface area contributed by atoms with Crippen molar-refractivity contribution in [2.45, 2.75) is 52.7 Å². The first-order chi connectivity index (χ1) is 10.7. The summed E-state index contributed by atoms with van der Waals surface area (Å²) in [5.74, 6) is -0.887. The van der Waals surface area contributed by atoms with E-state index >= 15 is 0 Å². The molecule has 0 fully saturated rings. The van der Waals surface area contributed by atoms with Crippen LogP contribution < -0.4 is 10.6 Å². The fourth-order valence-electron chi connectivity index (χ4n) is 1.29. The molecule has 0 saturated heterocycles. The molecule has 0 aromatic rings. The highest BCUT2D eigenvalue weighted by Gasteiger charge is 2.21. The van der Waals surface area contributed by atoms with E-state index in [0.717, 1.165) is 0 Å². The van der Waals surface area contributed by atoms with E-state index in [1.807, 2.05) is 0 Å². The molecule has 9 heteroatoms. The van der Waals surface area contributed by atoms with Crippen molar-refractivity contribution >= 4 is 29.4 Å². The van der Waals surface area contributed by atoms with Crippen LogP contribution in [0, 0.1) is 10.8 Å². The van der Waals surface area contributed by atoms with Crippen LogP contribution in [0.3, 0.4) is 0 Å². The zero-order valence-electron chi connectivity index (χ0n) is 15.0. The van der Waals surface area contributed by atoms with Crippen LogP contribution in [-0.2, 0) is 14.3 Å². The van der Waals surface area contributed by atoms with Crippen LogP contribution in [0.1, 0.15) is 41.5 Å². The number of carbonyl (C=O) groups is 3. The summed E-state index contributed by atoms with van der Waals surface area (Å²) in [7, 11) is 0. The Labute approximate surface area is 141 Å². The van der Waals surface area contributed by atoms with Crippen molar-refractivity contribution in [3.63, 3.8) is 0 Å². The fraction of sp³-hybridized carbons (Fsp3) is 0.667. The lowest BCUT2D eigenvalue weighted by atomic mass is 10.1. The fourth-order valence-corrected chi connectivity index (χ4v) is 1.29. The van der Waals surface area contributed by atoms with Gasteiger partial charge in [0.1, 0.15) is 11.2 Å². The van der Waals surface area contributed by atoms with E-state index in [9.17, 15) is 14.4 Å². The van der Waals surface area contributed by atoms with Crippen molar-refractivity contribution in [2.75, 3.05) is 13.1 Å². The summed E-state index contributed by atoms with van der Waals surface area (Å²) < 4.78 is 9.94. The van der Waals surface area contributed by atoms with E-state index in [4.69, 9.17) is 20.3 Å². The van der Waals surface area contributed by atoms with E-state index in [0.29, 0.717) is 0 Å². The quantitative estimate of drug-likeness (QED) is 0.543. The molecular weight excluding hydrogens is 316 g/mol. The minimum Gasteiger partial charge on any atom is -0.444 e. The predicted molar refractivity (Wildman–Crippen MR) is 88.9 cm³/mol. The number of Topliss-reactive ketones (excluding diaryl/α,β-unsaturated/α-hetero) is 1. The molecule has 0 rings (SSSR count). The summed E-state index contributed by atoms with van der Waals surface area (Å²) in [5.41, 5.74) is -2.37. The lowest BCUT2D eigenvalue weighted by molar-refractivity contribution is -0.107. The minimum absolute atomic E-state index is 0.372. The number of amides is 2. The smallest absolute Gasteiger partial charge is 0.407 e. The van der Waals surface area contributed by atoms with Crippen LogP contribution in [0.25, 0.3) is 0 Å². The van der Waals surface area contributed by atoms with Crippen molar-refractivity contribution in [2.24, 2.45) is 0 Å². The number of ketones is 1. The van der Waals surface area contributed by atoms with E-state index in [2.05, 4.69) is 10.6 Å². The first-order valence-corrected chi connectivity index (χ1v) is 7.34. The van der Waals surface area contributed by atoms with Gasteiger partial charge in [-0.1, -0.05) is 0 Å². The summed E-state index contributed by atoms with van der Waals surface area (Å²) in [6.45, 7) is 9.34. The van der Waals surface area contributed by atoms with Gasteiger partial charge in [-0.15, -0.1) is 0 Å². The van der Waals surface area contributed by atoms with Crippen LogP contribution in [0.5, 0.6) is 0 Å². The van der Waals surface area contributed by atoms with Crippen LogP contribution in [0.15, 0.2) is 0 Å². The van der Waals surface area contributed by atoms with E-state index in [1.165, 1.54) is 0 Å². The lowest BCUT2D eigenvalue weighted by Crippen LogP contribution is -2.42. The molecule has 24 heavy (non-hydrogen) atoms. The van der Waals surface area contributed by atoms with Gasteiger partial charge in [-0.05, 0) is 41.5 Å². The zero-order chi connectivity index (χ0) is 19.1. The molecule has 0 aromatic carbocycles. The maximum absolute atomic E-state index is 11.8. The molecule has 0 heterocycles. The molecule has 0 atom stereocenters. The summed E-state index contributed by atoms with van der Waals surface area (Å²) in [4.78, 5) is 34.7. The van der Waals surface area contributed by atoms with Crippen LogP contribution in [0.4, 0.5) is 9.59 Å². The molecule has 0 aliphatic heterocycles. The van der Waals surface area contributed by atoms with Gasteiger partial charge < -0.3 is 20.1 Å². The normalized spacial score (nSPS) is 11.2. The summed E-state index contributed by atoms with van der Waals surface area (Å²) in [6.07, 6.45) is -1.53. The van der Waals surface area contributed by atoms with Gasteiger partial charge in [0, 0.05) is 0 Å². The molecule has 0 aliphatic rings. The zero-order valence-corrected chi connectivity index (χ0v) is 15.0. The van der Waals surface area contributed by atoms with Crippen LogP contribution >= 0.6 is 0 Å². The number of hydrogen-bond acceptors (Lipinski definition) is 7. The van der Waals surface area contributed by atoms with Crippen molar-refractivity contribution in [1.29, 1.82) is 10.8 Å². The molecule has 0 aromatic heterocycles. The lowest BCUT2D eigenvalue weighted by Gasteiger charge is -2.20. The third-order valence-corrected chi connectivity index (χ3v) is 2.16. The maximum atomic E-state index is 11.8. The number of nitrogens with one attached hydrogen (secondary N) is 4. The number of rotatable bonds is 6. The Bertz CT molecular complexity index is 483. The molecule has 0 radical (unpaired) electrons. The molecule has 0 unspecified atom stereocenters. The Morgan fingerprint density at radius 3 is 1.29 bits per heavy atom. The number of alkyl carbamates (subject to hydrolysis) is 2. The SMILES string of the molecule is CC(C)(C)OC(=O)NCC(=N)C(=O)C(=N)CNC(=O)OC(C)(C)C. The Morgan fingerprint density at radius 1 is 0.750 bits per heavy atom. The average Bonchev–Trinajstić information content (AvgIpc) is 2.37. The van der Waals surface area contributed by atoms with Crippen molar-refractivity contribution < 1.29 is 23.9 Å². The molecule has 9 nitrogen and oxygen atoms in total. The van der Waals surface area contributed by atoms with E-state index < -0.39 is 40.6 Å². The predicted octanol–water partition coefficient (Wildman–Crippen LogP) is 1.64.